The van der Waals surface area contributed by atoms with Crippen LogP contribution in [0.25, 0.3) is 0 Å². The molecule has 1 aliphatic heterocycles. The molecule has 1 aliphatic rings. The van der Waals surface area contributed by atoms with Gasteiger partial charge >= 0.3 is 0 Å². The zero-order chi connectivity index (χ0) is 20.1. The molecule has 0 spiro atoms. The summed E-state index contributed by atoms with van der Waals surface area (Å²) < 4.78 is 0. The predicted octanol–water partition coefficient (Wildman–Crippen LogP) is 2.40. The summed E-state index contributed by atoms with van der Waals surface area (Å²) >= 11 is 0. The second-order valence-electron chi connectivity index (χ2n) is 7.09. The molecule has 0 saturated heterocycles. The Hall–Kier alpha value is -3.54. The van der Waals surface area contributed by atoms with Crippen LogP contribution in [-0.4, -0.2) is 39.3 Å². The number of fused-ring (bicyclic) bond motifs is 1. The van der Waals surface area contributed by atoms with E-state index in [2.05, 4.69) is 15.3 Å². The molecule has 2 heterocycles. The Bertz CT molecular complexity index is 992. The first-order chi connectivity index (χ1) is 14.2. The van der Waals surface area contributed by atoms with Crippen LogP contribution in [0.5, 0.6) is 0 Å². The molecular weight excluding hydrogens is 364 g/mol. The van der Waals surface area contributed by atoms with Crippen molar-refractivity contribution < 1.29 is 9.59 Å². The van der Waals surface area contributed by atoms with E-state index in [1.165, 1.54) is 6.33 Å². The minimum atomic E-state index is -0.645. The fraction of sp³-hybridized carbons (Fsp3) is 0.217. The Kier molecular flexibility index (Phi) is 5.61. The van der Waals surface area contributed by atoms with Crippen molar-refractivity contribution in [2.45, 2.75) is 25.4 Å². The summed E-state index contributed by atoms with van der Waals surface area (Å²) in [6.07, 6.45) is 4.46. The average molecular weight is 386 g/mol. The van der Waals surface area contributed by atoms with Gasteiger partial charge in [0.15, 0.2) is 0 Å². The number of carbonyl (C=O) groups excluding carboxylic acids is 2. The maximum Gasteiger partial charge on any atom is 0.251 e. The smallest absolute Gasteiger partial charge is 0.251 e. The van der Waals surface area contributed by atoms with E-state index in [9.17, 15) is 9.59 Å². The molecule has 0 saturated carbocycles. The predicted molar refractivity (Wildman–Crippen MR) is 109 cm³/mol. The third kappa shape index (κ3) is 4.48. The molecule has 0 radical (unpaired) electrons. The Balaban J connectivity index is 1.54. The van der Waals surface area contributed by atoms with Gasteiger partial charge < -0.3 is 10.2 Å². The van der Waals surface area contributed by atoms with Crippen LogP contribution in [0.15, 0.2) is 73.2 Å². The van der Waals surface area contributed by atoms with E-state index < -0.39 is 6.04 Å². The standard InChI is InChI=1S/C23H22N4O2/c28-22(18-9-5-2-6-10-18)26-20(13-17-7-3-1-4-8-17)23(29)27-12-11-19-14-24-16-25-21(19)15-27/h1-10,14,16,20H,11-13,15H2,(H,26,28)/t20-/m1/s1. The lowest BCUT2D eigenvalue weighted by Crippen LogP contribution is -2.51. The van der Waals surface area contributed by atoms with Gasteiger partial charge in [0.1, 0.15) is 12.4 Å². The van der Waals surface area contributed by atoms with E-state index in [1.54, 1.807) is 17.0 Å². The number of nitrogens with zero attached hydrogens (tertiary/aromatic N) is 3. The molecule has 6 heteroatoms. The summed E-state index contributed by atoms with van der Waals surface area (Å²) in [5.41, 5.74) is 3.48. The second kappa shape index (κ2) is 8.65. The van der Waals surface area contributed by atoms with E-state index in [0.717, 1.165) is 16.8 Å². The van der Waals surface area contributed by atoms with Crippen molar-refractivity contribution in [2.75, 3.05) is 6.54 Å². The van der Waals surface area contributed by atoms with Gasteiger partial charge in [-0.2, -0.15) is 0 Å². The highest BCUT2D eigenvalue weighted by atomic mass is 16.2. The van der Waals surface area contributed by atoms with Gasteiger partial charge in [0, 0.05) is 24.7 Å². The maximum absolute atomic E-state index is 13.3. The summed E-state index contributed by atoms with van der Waals surface area (Å²) in [5.74, 6) is -0.345. The molecule has 0 bridgehead atoms. The van der Waals surface area contributed by atoms with Gasteiger partial charge in [-0.3, -0.25) is 9.59 Å². The van der Waals surface area contributed by atoms with Crippen molar-refractivity contribution in [3.05, 3.63) is 95.6 Å². The molecule has 146 valence electrons. The maximum atomic E-state index is 13.3. The number of aromatic nitrogens is 2. The number of amides is 2. The minimum Gasteiger partial charge on any atom is -0.340 e. The topological polar surface area (TPSA) is 75.2 Å². The lowest BCUT2D eigenvalue weighted by Gasteiger charge is -2.31. The van der Waals surface area contributed by atoms with Crippen molar-refractivity contribution >= 4 is 11.8 Å². The lowest BCUT2D eigenvalue weighted by atomic mass is 10.0. The Labute approximate surface area is 169 Å². The molecule has 0 aliphatic carbocycles. The first-order valence-electron chi connectivity index (χ1n) is 9.67. The van der Waals surface area contributed by atoms with Gasteiger partial charge in [-0.05, 0) is 29.7 Å². The van der Waals surface area contributed by atoms with Crippen molar-refractivity contribution in [1.29, 1.82) is 0 Å². The average Bonchev–Trinajstić information content (AvgIpc) is 2.79. The van der Waals surface area contributed by atoms with Crippen LogP contribution in [0.4, 0.5) is 0 Å². The lowest BCUT2D eigenvalue weighted by molar-refractivity contribution is -0.134. The number of nitrogens with one attached hydrogen (secondary N) is 1. The van der Waals surface area contributed by atoms with Gasteiger partial charge in [0.25, 0.3) is 5.91 Å². The van der Waals surface area contributed by atoms with Gasteiger partial charge in [-0.25, -0.2) is 9.97 Å². The SMILES string of the molecule is O=C(N[C@H](Cc1ccccc1)C(=O)N1CCc2cncnc2C1)c1ccccc1. The molecule has 4 rings (SSSR count). The largest absolute Gasteiger partial charge is 0.340 e. The highest BCUT2D eigenvalue weighted by molar-refractivity contribution is 5.97. The normalized spacial score (nSPS) is 14.0. The van der Waals surface area contributed by atoms with Crippen molar-refractivity contribution in [2.24, 2.45) is 0 Å². The van der Waals surface area contributed by atoms with Crippen LogP contribution >= 0.6 is 0 Å². The quantitative estimate of drug-likeness (QED) is 0.731. The van der Waals surface area contributed by atoms with Gasteiger partial charge in [-0.1, -0.05) is 48.5 Å². The fourth-order valence-corrected chi connectivity index (χ4v) is 3.54. The van der Waals surface area contributed by atoms with Gasteiger partial charge in [0.05, 0.1) is 12.2 Å². The zero-order valence-electron chi connectivity index (χ0n) is 16.0. The molecule has 0 unspecified atom stereocenters. The summed E-state index contributed by atoms with van der Waals surface area (Å²) in [7, 11) is 0. The molecule has 1 N–H and O–H groups in total. The molecule has 3 aromatic rings. The third-order valence-corrected chi connectivity index (χ3v) is 5.11. The van der Waals surface area contributed by atoms with Crippen molar-refractivity contribution in [3.63, 3.8) is 0 Å². The molecule has 2 amide bonds. The zero-order valence-corrected chi connectivity index (χ0v) is 16.0. The van der Waals surface area contributed by atoms with E-state index in [1.807, 2.05) is 54.7 Å². The van der Waals surface area contributed by atoms with E-state index in [-0.39, 0.29) is 11.8 Å². The number of hydrogen-bond acceptors (Lipinski definition) is 4. The van der Waals surface area contributed by atoms with Crippen LogP contribution in [0.1, 0.15) is 27.2 Å². The monoisotopic (exact) mass is 386 g/mol. The summed E-state index contributed by atoms with van der Waals surface area (Å²) in [6, 6.07) is 18.1. The van der Waals surface area contributed by atoms with E-state index in [4.69, 9.17) is 0 Å². The molecule has 1 aromatic heterocycles. The Morgan fingerprint density at radius 3 is 2.52 bits per heavy atom. The first-order valence-corrected chi connectivity index (χ1v) is 9.67. The summed E-state index contributed by atoms with van der Waals surface area (Å²) in [6.45, 7) is 1.02. The van der Waals surface area contributed by atoms with Crippen LogP contribution < -0.4 is 5.32 Å². The van der Waals surface area contributed by atoms with Crippen molar-refractivity contribution in [3.8, 4) is 0 Å². The number of benzene rings is 2. The number of hydrogen-bond donors (Lipinski definition) is 1. The molecular formula is C23H22N4O2. The van der Waals surface area contributed by atoms with Crippen LogP contribution in [-0.2, 0) is 24.2 Å². The van der Waals surface area contributed by atoms with E-state index >= 15 is 0 Å². The fourth-order valence-electron chi connectivity index (χ4n) is 3.54. The highest BCUT2D eigenvalue weighted by Gasteiger charge is 2.29. The van der Waals surface area contributed by atoms with Crippen LogP contribution in [0.3, 0.4) is 0 Å². The summed E-state index contributed by atoms with van der Waals surface area (Å²) in [4.78, 5) is 36.2. The number of rotatable bonds is 5. The molecule has 1 atom stereocenters. The second-order valence-corrected chi connectivity index (χ2v) is 7.09. The minimum absolute atomic E-state index is 0.0950. The van der Waals surface area contributed by atoms with Crippen LogP contribution in [0, 0.1) is 0 Å². The highest BCUT2D eigenvalue weighted by Crippen LogP contribution is 2.17. The molecule has 6 nitrogen and oxygen atoms in total. The Morgan fingerprint density at radius 1 is 1.03 bits per heavy atom. The molecule has 29 heavy (non-hydrogen) atoms. The van der Waals surface area contributed by atoms with Crippen molar-refractivity contribution in [1.82, 2.24) is 20.2 Å². The van der Waals surface area contributed by atoms with Gasteiger partial charge in [-0.15, -0.1) is 0 Å². The summed E-state index contributed by atoms with van der Waals surface area (Å²) in [5, 5.41) is 2.94. The first kappa shape index (κ1) is 18.8. The Morgan fingerprint density at radius 2 is 1.76 bits per heavy atom. The number of carbonyl (C=O) groups is 2. The van der Waals surface area contributed by atoms with Gasteiger partial charge in [0.2, 0.25) is 5.91 Å². The van der Waals surface area contributed by atoms with E-state index in [0.29, 0.717) is 31.5 Å². The third-order valence-electron chi connectivity index (χ3n) is 5.11. The van der Waals surface area contributed by atoms with Crippen LogP contribution in [0.2, 0.25) is 0 Å². The molecule has 2 aromatic carbocycles. The molecule has 0 fully saturated rings.